The van der Waals surface area contributed by atoms with Crippen LogP contribution in [0.4, 0.5) is 0 Å². The molecule has 94 valence electrons. The minimum absolute atomic E-state index is 0.0635. The highest BCUT2D eigenvalue weighted by atomic mass is 16.6. The Kier molecular flexibility index (Phi) is 4.75. The predicted octanol–water partition coefficient (Wildman–Crippen LogP) is 2.47. The normalized spacial score (nSPS) is 11.9. The van der Waals surface area contributed by atoms with Crippen LogP contribution < -0.4 is 9.47 Å². The van der Waals surface area contributed by atoms with Gasteiger partial charge in [0.05, 0.1) is 14.2 Å². The summed E-state index contributed by atoms with van der Waals surface area (Å²) in [7, 11) is 3.11. The van der Waals surface area contributed by atoms with Crippen LogP contribution in [0.3, 0.4) is 0 Å². The molecule has 0 amide bonds. The maximum atomic E-state index is 10.6. The number of ether oxygens (including phenoxy) is 2. The first-order valence-corrected chi connectivity index (χ1v) is 5.46. The van der Waals surface area contributed by atoms with E-state index in [1.807, 2.05) is 13.0 Å². The Labute approximate surface area is 101 Å². The van der Waals surface area contributed by atoms with Crippen molar-refractivity contribution in [1.82, 2.24) is 0 Å². The van der Waals surface area contributed by atoms with Gasteiger partial charge in [-0.05, 0) is 24.1 Å². The fraction of sp³-hybridized carbons (Fsp3) is 0.500. The van der Waals surface area contributed by atoms with Gasteiger partial charge in [-0.1, -0.05) is 13.0 Å². The summed E-state index contributed by atoms with van der Waals surface area (Å²) in [6.45, 7) is 1.87. The van der Waals surface area contributed by atoms with Crippen LogP contribution in [0, 0.1) is 10.1 Å². The molecule has 0 radical (unpaired) electrons. The lowest BCUT2D eigenvalue weighted by Gasteiger charge is -2.14. The van der Waals surface area contributed by atoms with Crippen molar-refractivity contribution in [3.63, 3.8) is 0 Å². The molecule has 0 aliphatic rings. The molecule has 0 aliphatic carbocycles. The van der Waals surface area contributed by atoms with Gasteiger partial charge < -0.3 is 9.47 Å². The van der Waals surface area contributed by atoms with Crippen LogP contribution in [0.2, 0.25) is 0 Å². The van der Waals surface area contributed by atoms with Crippen LogP contribution >= 0.6 is 0 Å². The summed E-state index contributed by atoms with van der Waals surface area (Å²) in [6, 6.07) is 5.42. The lowest BCUT2D eigenvalue weighted by Crippen LogP contribution is -2.11. The van der Waals surface area contributed by atoms with Gasteiger partial charge in [-0.3, -0.25) is 10.1 Å². The smallest absolute Gasteiger partial charge is 0.210 e. The van der Waals surface area contributed by atoms with Crippen LogP contribution in [0.5, 0.6) is 11.5 Å². The predicted molar refractivity (Wildman–Crippen MR) is 64.4 cm³/mol. The summed E-state index contributed by atoms with van der Waals surface area (Å²) >= 11 is 0. The molecule has 0 saturated carbocycles. The molecule has 1 rings (SSSR count). The summed E-state index contributed by atoms with van der Waals surface area (Å²) < 4.78 is 10.3. The van der Waals surface area contributed by atoms with Crippen molar-refractivity contribution < 1.29 is 14.4 Å². The Morgan fingerprint density at radius 2 is 1.94 bits per heavy atom. The van der Waals surface area contributed by atoms with Crippen molar-refractivity contribution in [3.8, 4) is 11.5 Å². The second kappa shape index (κ2) is 6.08. The maximum Gasteiger partial charge on any atom is 0.210 e. The molecule has 0 N–H and O–H groups in total. The second-order valence-electron chi connectivity index (χ2n) is 3.73. The molecule has 1 aromatic rings. The third-order valence-corrected chi connectivity index (χ3v) is 2.74. The van der Waals surface area contributed by atoms with Gasteiger partial charge in [0.15, 0.2) is 11.5 Å². The molecule has 1 aromatic carbocycles. The van der Waals surface area contributed by atoms with Crippen molar-refractivity contribution in [2.75, 3.05) is 20.8 Å². The molecule has 0 spiro atoms. The fourth-order valence-electron chi connectivity index (χ4n) is 1.76. The van der Waals surface area contributed by atoms with E-state index in [1.165, 1.54) is 0 Å². The van der Waals surface area contributed by atoms with E-state index in [4.69, 9.17) is 9.47 Å². The number of hydrogen-bond acceptors (Lipinski definition) is 4. The Morgan fingerprint density at radius 3 is 2.41 bits per heavy atom. The molecule has 5 heteroatoms. The quantitative estimate of drug-likeness (QED) is 0.565. The highest BCUT2D eigenvalue weighted by molar-refractivity contribution is 5.43. The maximum absolute atomic E-state index is 10.6. The van der Waals surface area contributed by atoms with Gasteiger partial charge in [0.2, 0.25) is 6.54 Å². The molecule has 1 unspecified atom stereocenters. The Balaban J connectivity index is 3.00. The minimum atomic E-state index is -0.287. The van der Waals surface area contributed by atoms with Gasteiger partial charge in [-0.2, -0.15) is 0 Å². The fourth-order valence-corrected chi connectivity index (χ4v) is 1.76. The lowest BCUT2D eigenvalue weighted by molar-refractivity contribution is -0.483. The summed E-state index contributed by atoms with van der Waals surface area (Å²) in [4.78, 5) is 10.3. The first-order chi connectivity index (χ1) is 8.12. The van der Waals surface area contributed by atoms with Crippen molar-refractivity contribution >= 4 is 0 Å². The van der Waals surface area contributed by atoms with E-state index in [1.54, 1.807) is 26.4 Å². The van der Waals surface area contributed by atoms with Crippen LogP contribution in [-0.4, -0.2) is 25.7 Å². The van der Waals surface area contributed by atoms with Crippen molar-refractivity contribution in [2.24, 2.45) is 0 Å². The summed E-state index contributed by atoms with van der Waals surface area (Å²) in [6.07, 6.45) is 0.719. The van der Waals surface area contributed by atoms with Gasteiger partial charge in [0.1, 0.15) is 0 Å². The molecule has 5 nitrogen and oxygen atoms in total. The van der Waals surface area contributed by atoms with Crippen molar-refractivity contribution in [2.45, 2.75) is 19.3 Å². The molecule has 1 atom stereocenters. The van der Waals surface area contributed by atoms with E-state index in [0.717, 1.165) is 12.0 Å². The zero-order valence-corrected chi connectivity index (χ0v) is 10.3. The molecule has 0 heterocycles. The molecule has 0 fully saturated rings. The average molecular weight is 239 g/mol. The number of rotatable bonds is 6. The molecule has 0 saturated heterocycles. The van der Waals surface area contributed by atoms with Crippen LogP contribution in [0.1, 0.15) is 24.8 Å². The SMILES string of the molecule is CCC(C[N+](=O)[O-])c1ccc(OC)c(OC)c1. The average Bonchev–Trinajstić information content (AvgIpc) is 2.34. The molecule has 0 aromatic heterocycles. The van der Waals surface area contributed by atoms with Gasteiger partial charge in [-0.25, -0.2) is 0 Å². The molecule has 0 bridgehead atoms. The van der Waals surface area contributed by atoms with Crippen molar-refractivity contribution in [1.29, 1.82) is 0 Å². The van der Waals surface area contributed by atoms with E-state index in [0.29, 0.717) is 11.5 Å². The third kappa shape index (κ3) is 3.34. The first kappa shape index (κ1) is 13.3. The topological polar surface area (TPSA) is 61.6 Å². The van der Waals surface area contributed by atoms with Crippen LogP contribution in [0.25, 0.3) is 0 Å². The van der Waals surface area contributed by atoms with Crippen molar-refractivity contribution in [3.05, 3.63) is 33.9 Å². The largest absolute Gasteiger partial charge is 0.493 e. The number of hydrogen-bond donors (Lipinski definition) is 0. The standard InChI is InChI=1S/C12H17NO4/c1-4-9(8-13(14)15)10-5-6-11(16-2)12(7-10)17-3/h5-7,9H,4,8H2,1-3H3. The van der Waals surface area contributed by atoms with E-state index in [9.17, 15) is 10.1 Å². The minimum Gasteiger partial charge on any atom is -0.493 e. The molecule has 17 heavy (non-hydrogen) atoms. The second-order valence-corrected chi connectivity index (χ2v) is 3.73. The summed E-state index contributed by atoms with van der Waals surface area (Å²) in [5.41, 5.74) is 0.904. The van der Waals surface area contributed by atoms with Crippen LogP contribution in [-0.2, 0) is 0 Å². The van der Waals surface area contributed by atoms with Crippen LogP contribution in [0.15, 0.2) is 18.2 Å². The van der Waals surface area contributed by atoms with E-state index >= 15 is 0 Å². The number of nitro groups is 1. The molecular weight excluding hydrogens is 222 g/mol. The van der Waals surface area contributed by atoms with Gasteiger partial charge >= 0.3 is 0 Å². The zero-order chi connectivity index (χ0) is 12.8. The van der Waals surface area contributed by atoms with Gasteiger partial charge in [0.25, 0.3) is 0 Å². The summed E-state index contributed by atoms with van der Waals surface area (Å²) in [5, 5.41) is 10.6. The molecular formula is C12H17NO4. The third-order valence-electron chi connectivity index (χ3n) is 2.74. The van der Waals surface area contributed by atoms with Gasteiger partial charge in [-0.15, -0.1) is 0 Å². The van der Waals surface area contributed by atoms with E-state index in [2.05, 4.69) is 0 Å². The van der Waals surface area contributed by atoms with Gasteiger partial charge in [0, 0.05) is 10.8 Å². The van der Waals surface area contributed by atoms with E-state index < -0.39 is 0 Å². The number of benzene rings is 1. The highest BCUT2D eigenvalue weighted by Gasteiger charge is 2.17. The Hall–Kier alpha value is -1.78. The Morgan fingerprint density at radius 1 is 1.29 bits per heavy atom. The lowest BCUT2D eigenvalue weighted by atomic mass is 9.96. The van der Waals surface area contributed by atoms with E-state index in [-0.39, 0.29) is 17.4 Å². The zero-order valence-electron chi connectivity index (χ0n) is 10.3. The Bertz CT molecular complexity index is 392. The molecule has 0 aliphatic heterocycles. The highest BCUT2D eigenvalue weighted by Crippen LogP contribution is 2.31. The first-order valence-electron chi connectivity index (χ1n) is 5.46. The number of nitrogens with zero attached hydrogens (tertiary/aromatic N) is 1. The summed E-state index contributed by atoms with van der Waals surface area (Å²) in [5.74, 6) is 1.14. The monoisotopic (exact) mass is 239 g/mol. The number of methoxy groups -OCH3 is 2.